The summed E-state index contributed by atoms with van der Waals surface area (Å²) in [5.41, 5.74) is -0.0607. The van der Waals surface area contributed by atoms with Crippen molar-refractivity contribution in [1.82, 2.24) is 5.32 Å². The van der Waals surface area contributed by atoms with E-state index >= 15 is 0 Å². The lowest BCUT2D eigenvalue weighted by atomic mass is 9.89. The molecule has 0 fully saturated rings. The molecule has 1 aliphatic heterocycles. The first kappa shape index (κ1) is 9.98. The van der Waals surface area contributed by atoms with Gasteiger partial charge in [-0.3, -0.25) is 4.79 Å². The van der Waals surface area contributed by atoms with Crippen LogP contribution in [0.25, 0.3) is 0 Å². The lowest BCUT2D eigenvalue weighted by Gasteiger charge is -2.33. The molecule has 0 saturated heterocycles. The van der Waals surface area contributed by atoms with Crippen LogP contribution in [0, 0.1) is 0 Å². The molecule has 1 atom stereocenters. The fraction of sp³-hybridized carbons (Fsp3) is 0.364. The van der Waals surface area contributed by atoms with Crippen LogP contribution in [0.5, 0.6) is 5.75 Å². The lowest BCUT2D eigenvalue weighted by molar-refractivity contribution is -0.146. The van der Waals surface area contributed by atoms with E-state index in [0.29, 0.717) is 6.42 Å². The summed E-state index contributed by atoms with van der Waals surface area (Å²) in [6.07, 6.45) is 0.453. The number of hydrogen-bond acceptors (Lipinski definition) is 3. The topological polar surface area (TPSA) is 58.6 Å². The Morgan fingerprint density at radius 3 is 2.93 bits per heavy atom. The van der Waals surface area contributed by atoms with Gasteiger partial charge in [0.05, 0.1) is 0 Å². The molecule has 15 heavy (non-hydrogen) atoms. The Bertz CT molecular complexity index is 391. The molecule has 0 radical (unpaired) electrons. The van der Waals surface area contributed by atoms with Crippen molar-refractivity contribution < 1.29 is 14.6 Å². The second kappa shape index (κ2) is 3.55. The fourth-order valence-corrected chi connectivity index (χ4v) is 1.77. The van der Waals surface area contributed by atoms with Crippen molar-refractivity contribution in [3.63, 3.8) is 0 Å². The van der Waals surface area contributed by atoms with Crippen molar-refractivity contribution in [2.45, 2.75) is 12.0 Å². The van der Waals surface area contributed by atoms with Gasteiger partial charge in [-0.25, -0.2) is 0 Å². The van der Waals surface area contributed by atoms with Crippen molar-refractivity contribution in [3.8, 4) is 5.75 Å². The first-order valence-corrected chi connectivity index (χ1v) is 4.81. The molecular formula is C11H13NO3. The van der Waals surface area contributed by atoms with Gasteiger partial charge in [0, 0.05) is 6.42 Å². The minimum Gasteiger partial charge on any atom is -0.491 e. The Balaban J connectivity index is 2.35. The summed E-state index contributed by atoms with van der Waals surface area (Å²) in [6, 6.07) is 7.52. The lowest BCUT2D eigenvalue weighted by Crippen LogP contribution is -2.58. The third-order valence-electron chi connectivity index (χ3n) is 2.83. The Labute approximate surface area is 87.9 Å². The molecule has 2 rings (SSSR count). The summed E-state index contributed by atoms with van der Waals surface area (Å²) in [6.45, 7) is 0.163. The predicted molar refractivity (Wildman–Crippen MR) is 55.1 cm³/mol. The summed E-state index contributed by atoms with van der Waals surface area (Å²) < 4.78 is 5.45. The zero-order valence-corrected chi connectivity index (χ0v) is 8.49. The van der Waals surface area contributed by atoms with Gasteiger partial charge in [0.2, 0.25) is 0 Å². The maximum absolute atomic E-state index is 11.2. The van der Waals surface area contributed by atoms with Gasteiger partial charge < -0.3 is 15.2 Å². The zero-order valence-electron chi connectivity index (χ0n) is 8.49. The quantitative estimate of drug-likeness (QED) is 0.748. The molecule has 1 unspecified atom stereocenters. The van der Waals surface area contributed by atoms with Gasteiger partial charge in [-0.1, -0.05) is 18.2 Å². The molecule has 0 amide bonds. The molecule has 1 heterocycles. The smallest absolute Gasteiger partial charge is 0.327 e. The van der Waals surface area contributed by atoms with Crippen molar-refractivity contribution in [2.24, 2.45) is 0 Å². The molecule has 0 spiro atoms. The molecule has 80 valence electrons. The van der Waals surface area contributed by atoms with Crippen molar-refractivity contribution >= 4 is 5.97 Å². The van der Waals surface area contributed by atoms with Crippen LogP contribution < -0.4 is 10.1 Å². The number of hydrogen-bond donors (Lipinski definition) is 2. The molecule has 1 aromatic carbocycles. The first-order valence-electron chi connectivity index (χ1n) is 4.81. The number of aliphatic carboxylic acids is 1. The maximum atomic E-state index is 11.2. The molecule has 0 aromatic heterocycles. The number of fused-ring (bicyclic) bond motifs is 1. The third kappa shape index (κ3) is 1.57. The molecule has 4 heteroatoms. The van der Waals surface area contributed by atoms with Crippen LogP contribution in [0.4, 0.5) is 0 Å². The van der Waals surface area contributed by atoms with Crippen molar-refractivity contribution in [3.05, 3.63) is 29.8 Å². The van der Waals surface area contributed by atoms with Gasteiger partial charge in [0.15, 0.2) is 5.54 Å². The Morgan fingerprint density at radius 2 is 2.27 bits per heavy atom. The Hall–Kier alpha value is -1.55. The molecule has 0 bridgehead atoms. The maximum Gasteiger partial charge on any atom is 0.327 e. The van der Waals surface area contributed by atoms with E-state index < -0.39 is 11.5 Å². The number of carboxylic acid groups (broad SMARTS) is 1. The minimum atomic E-state index is -0.992. The van der Waals surface area contributed by atoms with Gasteiger partial charge in [-0.15, -0.1) is 0 Å². The van der Waals surface area contributed by atoms with Gasteiger partial charge in [-0.2, -0.15) is 0 Å². The van der Waals surface area contributed by atoms with E-state index in [9.17, 15) is 9.90 Å². The number of carboxylic acids is 1. The fourth-order valence-electron chi connectivity index (χ4n) is 1.77. The summed E-state index contributed by atoms with van der Waals surface area (Å²) >= 11 is 0. The number of carbonyl (C=O) groups is 1. The number of para-hydroxylation sites is 1. The second-order valence-electron chi connectivity index (χ2n) is 3.71. The van der Waals surface area contributed by atoms with Crippen LogP contribution >= 0.6 is 0 Å². The number of rotatable bonds is 2. The normalized spacial score (nSPS) is 24.1. The van der Waals surface area contributed by atoms with E-state index in [1.165, 1.54) is 0 Å². The predicted octanol–water partition coefficient (Wildman–Crippen LogP) is 0.664. The van der Waals surface area contributed by atoms with Crippen LogP contribution in [0.1, 0.15) is 5.56 Å². The SMILES string of the molecule is CNC1(C(=O)O)COc2ccccc2C1. The first-order chi connectivity index (χ1) is 7.18. The highest BCUT2D eigenvalue weighted by Gasteiger charge is 2.41. The number of ether oxygens (including phenoxy) is 1. The summed E-state index contributed by atoms with van der Waals surface area (Å²) in [4.78, 5) is 11.2. The van der Waals surface area contributed by atoms with E-state index in [2.05, 4.69) is 5.32 Å². The second-order valence-corrected chi connectivity index (χ2v) is 3.71. The standard InChI is InChI=1S/C11H13NO3/c1-12-11(10(13)14)6-8-4-2-3-5-9(8)15-7-11/h2-5,12H,6-7H2,1H3,(H,13,14). The summed E-state index contributed by atoms with van der Waals surface area (Å²) in [7, 11) is 1.64. The highest BCUT2D eigenvalue weighted by atomic mass is 16.5. The van der Waals surface area contributed by atoms with Crippen LogP contribution in [0.2, 0.25) is 0 Å². The van der Waals surface area contributed by atoms with Crippen LogP contribution in [0.3, 0.4) is 0 Å². The van der Waals surface area contributed by atoms with E-state index in [-0.39, 0.29) is 6.61 Å². The highest BCUT2D eigenvalue weighted by Crippen LogP contribution is 2.29. The molecule has 1 aromatic rings. The monoisotopic (exact) mass is 207 g/mol. The molecule has 0 saturated carbocycles. The average Bonchev–Trinajstić information content (AvgIpc) is 2.28. The Kier molecular flexibility index (Phi) is 2.36. The van der Waals surface area contributed by atoms with Crippen LogP contribution in [0.15, 0.2) is 24.3 Å². The molecule has 0 aliphatic carbocycles. The van der Waals surface area contributed by atoms with E-state index in [1.54, 1.807) is 7.05 Å². The largest absolute Gasteiger partial charge is 0.491 e. The van der Waals surface area contributed by atoms with E-state index in [1.807, 2.05) is 24.3 Å². The van der Waals surface area contributed by atoms with Gasteiger partial charge >= 0.3 is 5.97 Å². The average molecular weight is 207 g/mol. The number of likely N-dealkylation sites (N-methyl/N-ethyl adjacent to an activating group) is 1. The van der Waals surface area contributed by atoms with Crippen molar-refractivity contribution in [2.75, 3.05) is 13.7 Å². The van der Waals surface area contributed by atoms with E-state index in [4.69, 9.17) is 4.74 Å². The van der Waals surface area contributed by atoms with Gasteiger partial charge in [0.25, 0.3) is 0 Å². The number of benzene rings is 1. The molecule has 4 nitrogen and oxygen atoms in total. The summed E-state index contributed by atoms with van der Waals surface area (Å²) in [5, 5.41) is 12.0. The molecular weight excluding hydrogens is 194 g/mol. The van der Waals surface area contributed by atoms with E-state index in [0.717, 1.165) is 11.3 Å². The zero-order chi connectivity index (χ0) is 10.9. The van der Waals surface area contributed by atoms with Gasteiger partial charge in [0.1, 0.15) is 12.4 Å². The van der Waals surface area contributed by atoms with Crippen molar-refractivity contribution in [1.29, 1.82) is 0 Å². The van der Waals surface area contributed by atoms with Crippen LogP contribution in [-0.4, -0.2) is 30.3 Å². The molecule has 2 N–H and O–H groups in total. The number of nitrogens with one attached hydrogen (secondary N) is 1. The third-order valence-corrected chi connectivity index (χ3v) is 2.83. The van der Waals surface area contributed by atoms with Crippen LogP contribution in [-0.2, 0) is 11.2 Å². The minimum absolute atomic E-state index is 0.163. The molecule has 1 aliphatic rings. The Morgan fingerprint density at radius 1 is 1.53 bits per heavy atom. The summed E-state index contributed by atoms with van der Waals surface area (Å²) in [5.74, 6) is -0.0934. The van der Waals surface area contributed by atoms with Gasteiger partial charge in [-0.05, 0) is 18.7 Å². The highest BCUT2D eigenvalue weighted by molar-refractivity contribution is 5.80.